The Bertz CT molecular complexity index is 1350. The lowest BCUT2D eigenvalue weighted by molar-refractivity contribution is 0.0954. The molecule has 4 aromatic rings. The monoisotopic (exact) mass is 493 g/mol. The van der Waals surface area contributed by atoms with Crippen molar-refractivity contribution in [3.8, 4) is 0 Å². The fourth-order valence-electron chi connectivity index (χ4n) is 3.38. The molecule has 1 amide bonds. The van der Waals surface area contributed by atoms with Gasteiger partial charge in [0, 0.05) is 16.6 Å². The molecule has 0 spiro atoms. The lowest BCUT2D eigenvalue weighted by Crippen LogP contribution is -2.25. The molecule has 156 valence electrons. The molecule has 0 saturated heterocycles. The number of halogens is 1. The van der Waals surface area contributed by atoms with Gasteiger partial charge in [0.05, 0.1) is 17.4 Å². The van der Waals surface area contributed by atoms with Gasteiger partial charge in [-0.15, -0.1) is 0 Å². The average Bonchev–Trinajstić information content (AvgIpc) is 2.78. The number of rotatable bonds is 6. The number of H-pyrrole nitrogens is 1. The molecule has 0 fully saturated rings. The van der Waals surface area contributed by atoms with Crippen LogP contribution in [0.15, 0.2) is 82.1 Å². The van der Waals surface area contributed by atoms with E-state index in [1.807, 2.05) is 54.6 Å². The van der Waals surface area contributed by atoms with Gasteiger partial charge in [-0.2, -0.15) is 0 Å². The van der Waals surface area contributed by atoms with Gasteiger partial charge in [0.25, 0.3) is 11.5 Å². The van der Waals surface area contributed by atoms with Crippen LogP contribution in [0.2, 0.25) is 0 Å². The van der Waals surface area contributed by atoms with Crippen molar-refractivity contribution < 1.29 is 4.79 Å². The molecule has 0 bridgehead atoms. The lowest BCUT2D eigenvalue weighted by Gasteiger charge is -2.10. The van der Waals surface area contributed by atoms with Crippen molar-refractivity contribution in [2.24, 2.45) is 0 Å². The van der Waals surface area contributed by atoms with Crippen LogP contribution in [-0.2, 0) is 13.0 Å². The van der Waals surface area contributed by atoms with Gasteiger partial charge >= 0.3 is 0 Å². The first kappa shape index (κ1) is 21.2. The third kappa shape index (κ3) is 5.00. The molecule has 0 aliphatic rings. The summed E-state index contributed by atoms with van der Waals surface area (Å²) in [6, 6.07) is 22.7. The van der Waals surface area contributed by atoms with Crippen molar-refractivity contribution >= 4 is 45.0 Å². The maximum absolute atomic E-state index is 12.9. The highest BCUT2D eigenvalue weighted by atomic mass is 79.9. The summed E-state index contributed by atoms with van der Waals surface area (Å²) in [4.78, 5) is 28.4. The summed E-state index contributed by atoms with van der Waals surface area (Å²) < 4.78 is 2.72. The molecule has 7 heteroatoms. The molecule has 4 rings (SSSR count). The fraction of sp³-hybridized carbons (Fsp3) is 0.125. The van der Waals surface area contributed by atoms with Crippen LogP contribution in [0.5, 0.6) is 0 Å². The third-order valence-corrected chi connectivity index (χ3v) is 5.86. The predicted octanol–water partition coefficient (Wildman–Crippen LogP) is 4.84. The number of benzene rings is 3. The molecule has 1 aromatic heterocycles. The second-order valence-corrected chi connectivity index (χ2v) is 8.50. The zero-order valence-corrected chi connectivity index (χ0v) is 19.0. The normalized spacial score (nSPS) is 10.9. The number of aromatic amines is 1. The molecule has 0 unspecified atom stereocenters. The molecule has 1 heterocycles. The molecule has 0 aliphatic carbocycles. The Morgan fingerprint density at radius 1 is 1.00 bits per heavy atom. The number of carbonyl (C=O) groups excluding carboxylic acids is 1. The maximum atomic E-state index is 12.9. The van der Waals surface area contributed by atoms with Crippen molar-refractivity contribution in [2.45, 2.75) is 13.0 Å². The van der Waals surface area contributed by atoms with E-state index in [1.54, 1.807) is 18.2 Å². The average molecular weight is 494 g/mol. The van der Waals surface area contributed by atoms with E-state index in [-0.39, 0.29) is 11.5 Å². The van der Waals surface area contributed by atoms with Gasteiger partial charge in [-0.05, 0) is 60.1 Å². The summed E-state index contributed by atoms with van der Waals surface area (Å²) >= 11 is 8.79. The second-order valence-electron chi connectivity index (χ2n) is 7.20. The van der Waals surface area contributed by atoms with E-state index < -0.39 is 0 Å². The van der Waals surface area contributed by atoms with Gasteiger partial charge in [0.1, 0.15) is 0 Å². The molecule has 3 aromatic carbocycles. The molecular formula is C24H20BrN3O2S. The van der Waals surface area contributed by atoms with Crippen LogP contribution >= 0.6 is 28.1 Å². The molecular weight excluding hydrogens is 474 g/mol. The van der Waals surface area contributed by atoms with Gasteiger partial charge in [-0.1, -0.05) is 58.4 Å². The topological polar surface area (TPSA) is 66.9 Å². The number of hydrogen-bond acceptors (Lipinski definition) is 3. The Balaban J connectivity index is 1.45. The zero-order valence-electron chi connectivity index (χ0n) is 16.6. The van der Waals surface area contributed by atoms with E-state index in [1.165, 1.54) is 10.1 Å². The number of nitrogens with one attached hydrogen (secondary N) is 2. The Kier molecular flexibility index (Phi) is 6.44. The van der Waals surface area contributed by atoms with E-state index >= 15 is 0 Å². The van der Waals surface area contributed by atoms with Crippen LogP contribution < -0.4 is 10.9 Å². The quantitative estimate of drug-likeness (QED) is 0.377. The number of carbonyl (C=O) groups is 1. The first-order chi connectivity index (χ1) is 15.0. The number of hydrogen-bond donors (Lipinski definition) is 2. The van der Waals surface area contributed by atoms with E-state index in [4.69, 9.17) is 12.2 Å². The van der Waals surface area contributed by atoms with Crippen molar-refractivity contribution in [1.29, 1.82) is 0 Å². The molecule has 0 atom stereocenters. The highest BCUT2D eigenvalue weighted by molar-refractivity contribution is 9.10. The third-order valence-electron chi connectivity index (χ3n) is 5.04. The van der Waals surface area contributed by atoms with Crippen LogP contribution in [0, 0.1) is 4.77 Å². The maximum Gasteiger partial charge on any atom is 0.262 e. The van der Waals surface area contributed by atoms with Crippen molar-refractivity contribution in [1.82, 2.24) is 14.9 Å². The number of amides is 1. The van der Waals surface area contributed by atoms with Gasteiger partial charge < -0.3 is 10.3 Å². The van der Waals surface area contributed by atoms with Crippen LogP contribution in [0.3, 0.4) is 0 Å². The standard InChI is InChI=1S/C24H20BrN3O2S/c25-19-10-11-21-20(14-19)23(30)28(24(31)27-21)15-17-6-8-18(9-7-17)22(29)26-13-12-16-4-2-1-3-5-16/h1-11,14H,12-13,15H2,(H,26,29)(H,27,31). The number of nitrogens with zero attached hydrogens (tertiary/aromatic N) is 1. The Hall–Kier alpha value is -3.03. The van der Waals surface area contributed by atoms with Gasteiger partial charge in [-0.25, -0.2) is 0 Å². The Labute approximate surface area is 192 Å². The highest BCUT2D eigenvalue weighted by Crippen LogP contribution is 2.16. The molecule has 0 radical (unpaired) electrons. The largest absolute Gasteiger partial charge is 0.352 e. The summed E-state index contributed by atoms with van der Waals surface area (Å²) in [5.41, 5.74) is 3.20. The highest BCUT2D eigenvalue weighted by Gasteiger charge is 2.09. The minimum absolute atomic E-state index is 0.118. The van der Waals surface area contributed by atoms with E-state index in [0.29, 0.717) is 34.3 Å². The van der Waals surface area contributed by atoms with Gasteiger partial charge in [-0.3, -0.25) is 14.2 Å². The molecule has 2 N–H and O–H groups in total. The smallest absolute Gasteiger partial charge is 0.262 e. The minimum Gasteiger partial charge on any atom is -0.352 e. The van der Waals surface area contributed by atoms with Crippen LogP contribution in [0.1, 0.15) is 21.5 Å². The van der Waals surface area contributed by atoms with Crippen LogP contribution in [-0.4, -0.2) is 22.0 Å². The summed E-state index contributed by atoms with van der Waals surface area (Å²) in [7, 11) is 0. The zero-order chi connectivity index (χ0) is 21.8. The second kappa shape index (κ2) is 9.41. The summed E-state index contributed by atoms with van der Waals surface area (Å²) in [5, 5.41) is 3.51. The Morgan fingerprint density at radius 2 is 1.74 bits per heavy atom. The summed E-state index contributed by atoms with van der Waals surface area (Å²) in [6.45, 7) is 0.897. The van der Waals surface area contributed by atoms with E-state index in [2.05, 4.69) is 26.2 Å². The Morgan fingerprint density at radius 3 is 2.48 bits per heavy atom. The van der Waals surface area contributed by atoms with Gasteiger partial charge in [0.2, 0.25) is 0 Å². The first-order valence-electron chi connectivity index (χ1n) is 9.85. The molecule has 0 saturated carbocycles. The van der Waals surface area contributed by atoms with Crippen LogP contribution in [0.4, 0.5) is 0 Å². The molecule has 5 nitrogen and oxygen atoms in total. The molecule has 0 aliphatic heterocycles. The summed E-state index contributed by atoms with van der Waals surface area (Å²) in [6.07, 6.45) is 0.782. The van der Waals surface area contributed by atoms with Crippen molar-refractivity contribution in [3.63, 3.8) is 0 Å². The lowest BCUT2D eigenvalue weighted by atomic mass is 10.1. The van der Waals surface area contributed by atoms with Crippen molar-refractivity contribution in [3.05, 3.63) is 109 Å². The predicted molar refractivity (Wildman–Crippen MR) is 129 cm³/mol. The molecule has 31 heavy (non-hydrogen) atoms. The van der Waals surface area contributed by atoms with Gasteiger partial charge in [0.15, 0.2) is 4.77 Å². The fourth-order valence-corrected chi connectivity index (χ4v) is 4.00. The minimum atomic E-state index is -0.150. The van der Waals surface area contributed by atoms with Crippen LogP contribution in [0.25, 0.3) is 10.9 Å². The van der Waals surface area contributed by atoms with E-state index in [9.17, 15) is 9.59 Å². The summed E-state index contributed by atoms with van der Waals surface area (Å²) in [5.74, 6) is -0.118. The van der Waals surface area contributed by atoms with E-state index in [0.717, 1.165) is 16.5 Å². The first-order valence-corrected chi connectivity index (χ1v) is 11.0. The number of aromatic nitrogens is 2. The number of fused-ring (bicyclic) bond motifs is 1. The van der Waals surface area contributed by atoms with Crippen molar-refractivity contribution in [2.75, 3.05) is 6.54 Å². The SMILES string of the molecule is O=C(NCCc1ccccc1)c1ccc(Cn2c(=S)[nH]c3ccc(Br)cc3c2=O)cc1.